The number of pyridine rings is 1. The second kappa shape index (κ2) is 11.7. The zero-order chi connectivity index (χ0) is 16.5. The molecule has 1 aromatic heterocycles. The zero-order valence-corrected chi connectivity index (χ0v) is 18.4. The first kappa shape index (κ1) is 21.2. The molecule has 0 saturated heterocycles. The van der Waals surface area contributed by atoms with Crippen molar-refractivity contribution >= 4 is 57.6 Å². The fourth-order valence-corrected chi connectivity index (χ4v) is 3.11. The van der Waals surface area contributed by atoms with Crippen LogP contribution in [0.25, 0.3) is 0 Å². The minimum atomic E-state index is 0. The maximum Gasteiger partial charge on any atom is 0.191 e. The van der Waals surface area contributed by atoms with Gasteiger partial charge in [0.15, 0.2) is 5.96 Å². The van der Waals surface area contributed by atoms with Gasteiger partial charge in [-0.15, -0.1) is 35.7 Å². The molecule has 0 aliphatic heterocycles. The molecule has 0 fully saturated rings. The Morgan fingerprint density at radius 2 is 1.96 bits per heavy atom. The number of nitrogens with one attached hydrogen (secondary N) is 2. The van der Waals surface area contributed by atoms with Crippen molar-refractivity contribution in [3.63, 3.8) is 0 Å². The van der Waals surface area contributed by atoms with Crippen molar-refractivity contribution in [3.05, 3.63) is 58.8 Å². The summed E-state index contributed by atoms with van der Waals surface area (Å²) in [6.45, 7) is 3.70. The average Bonchev–Trinajstić information content (AvgIpc) is 2.58. The first-order chi connectivity index (χ1) is 11.2. The van der Waals surface area contributed by atoms with E-state index in [1.165, 1.54) is 4.90 Å². The largest absolute Gasteiger partial charge is 0.355 e. The van der Waals surface area contributed by atoms with Crippen molar-refractivity contribution in [3.8, 4) is 0 Å². The number of nitrogens with zero attached hydrogens (tertiary/aromatic N) is 2. The van der Waals surface area contributed by atoms with Crippen LogP contribution in [0.2, 0.25) is 0 Å². The Morgan fingerprint density at radius 3 is 2.58 bits per heavy atom. The van der Waals surface area contributed by atoms with Gasteiger partial charge >= 0.3 is 0 Å². The van der Waals surface area contributed by atoms with Gasteiger partial charge in [-0.1, -0.05) is 28.9 Å². The van der Waals surface area contributed by atoms with Gasteiger partial charge in [0, 0.05) is 34.4 Å². The number of guanidine groups is 1. The first-order valence-electron chi connectivity index (χ1n) is 7.44. The molecule has 2 aromatic rings. The molecule has 0 spiro atoms. The molecule has 1 heterocycles. The second-order valence-electron chi connectivity index (χ2n) is 5.01. The van der Waals surface area contributed by atoms with Crippen LogP contribution < -0.4 is 10.6 Å². The van der Waals surface area contributed by atoms with Crippen molar-refractivity contribution in [2.45, 2.75) is 23.6 Å². The van der Waals surface area contributed by atoms with Crippen LogP contribution in [0.3, 0.4) is 0 Å². The SMILES string of the molecule is CN=C(NCc1ccccn1)NCC(C)Sc1ccc(Br)cc1.I. The standard InChI is InChI=1S/C17H21BrN4S.HI/c1-13(23-16-8-6-14(18)7-9-16)11-21-17(19-2)22-12-15-5-3-4-10-20-15;/h3-10,13H,11-12H2,1-2H3,(H2,19,21,22);1H. The van der Waals surface area contributed by atoms with Gasteiger partial charge in [-0.3, -0.25) is 9.98 Å². The van der Waals surface area contributed by atoms with E-state index in [1.807, 2.05) is 30.0 Å². The Bertz CT molecular complexity index is 622. The highest BCUT2D eigenvalue weighted by atomic mass is 127. The average molecular weight is 521 g/mol. The zero-order valence-electron chi connectivity index (χ0n) is 13.7. The van der Waals surface area contributed by atoms with Gasteiger partial charge in [0.1, 0.15) is 0 Å². The summed E-state index contributed by atoms with van der Waals surface area (Å²) in [6, 6.07) is 14.3. The number of hydrogen-bond donors (Lipinski definition) is 2. The smallest absolute Gasteiger partial charge is 0.191 e. The maximum absolute atomic E-state index is 4.29. The molecule has 7 heteroatoms. The lowest BCUT2D eigenvalue weighted by Crippen LogP contribution is -2.39. The third-order valence-electron chi connectivity index (χ3n) is 3.09. The van der Waals surface area contributed by atoms with Crippen LogP contribution in [0.4, 0.5) is 0 Å². The fraction of sp³-hybridized carbons (Fsp3) is 0.294. The van der Waals surface area contributed by atoms with Crippen LogP contribution in [0.1, 0.15) is 12.6 Å². The predicted octanol–water partition coefficient (Wildman–Crippen LogP) is 4.31. The summed E-state index contributed by atoms with van der Waals surface area (Å²) in [7, 11) is 1.78. The highest BCUT2D eigenvalue weighted by Gasteiger charge is 2.06. The van der Waals surface area contributed by atoms with E-state index in [0.717, 1.165) is 22.7 Å². The van der Waals surface area contributed by atoms with E-state index in [4.69, 9.17) is 0 Å². The Hall–Kier alpha value is -0.800. The number of rotatable bonds is 6. The van der Waals surface area contributed by atoms with Gasteiger partial charge < -0.3 is 10.6 Å². The number of thioether (sulfide) groups is 1. The molecule has 130 valence electrons. The number of benzene rings is 1. The van der Waals surface area contributed by atoms with E-state index >= 15 is 0 Å². The molecule has 2 N–H and O–H groups in total. The lowest BCUT2D eigenvalue weighted by atomic mass is 10.3. The van der Waals surface area contributed by atoms with Crippen LogP contribution >= 0.6 is 51.7 Å². The normalized spacial score (nSPS) is 12.2. The molecule has 0 bridgehead atoms. The molecule has 0 radical (unpaired) electrons. The number of aromatic nitrogens is 1. The molecule has 0 aliphatic rings. The van der Waals surface area contributed by atoms with Crippen LogP contribution in [0.5, 0.6) is 0 Å². The molecule has 0 amide bonds. The Kier molecular flexibility index (Phi) is 10.4. The summed E-state index contributed by atoms with van der Waals surface area (Å²) in [5.41, 5.74) is 0.993. The van der Waals surface area contributed by atoms with Gasteiger partial charge in [-0.05, 0) is 36.4 Å². The van der Waals surface area contributed by atoms with Gasteiger partial charge in [0.05, 0.1) is 12.2 Å². The second-order valence-corrected chi connectivity index (χ2v) is 7.44. The Morgan fingerprint density at radius 1 is 1.21 bits per heavy atom. The van der Waals surface area contributed by atoms with Crippen LogP contribution in [0, 0.1) is 0 Å². The predicted molar refractivity (Wildman–Crippen MR) is 117 cm³/mol. The van der Waals surface area contributed by atoms with Crippen molar-refractivity contribution in [2.75, 3.05) is 13.6 Å². The van der Waals surface area contributed by atoms with E-state index in [1.54, 1.807) is 13.2 Å². The monoisotopic (exact) mass is 520 g/mol. The van der Waals surface area contributed by atoms with Crippen LogP contribution in [-0.4, -0.2) is 29.8 Å². The summed E-state index contributed by atoms with van der Waals surface area (Å²) >= 11 is 5.30. The molecule has 0 saturated carbocycles. The summed E-state index contributed by atoms with van der Waals surface area (Å²) in [6.07, 6.45) is 1.80. The van der Waals surface area contributed by atoms with E-state index in [9.17, 15) is 0 Å². The van der Waals surface area contributed by atoms with Gasteiger partial charge in [-0.25, -0.2) is 0 Å². The summed E-state index contributed by atoms with van der Waals surface area (Å²) in [5, 5.41) is 7.06. The van der Waals surface area contributed by atoms with Crippen LogP contribution in [0.15, 0.2) is 63.0 Å². The number of halogens is 2. The number of hydrogen-bond acceptors (Lipinski definition) is 3. The van der Waals surface area contributed by atoms with E-state index in [2.05, 4.69) is 67.7 Å². The van der Waals surface area contributed by atoms with Crippen LogP contribution in [-0.2, 0) is 6.54 Å². The summed E-state index contributed by atoms with van der Waals surface area (Å²) in [5.74, 6) is 0.791. The molecule has 1 aromatic carbocycles. The molecule has 1 atom stereocenters. The third-order valence-corrected chi connectivity index (χ3v) is 4.74. The molecule has 2 rings (SSSR count). The van der Waals surface area contributed by atoms with E-state index in [-0.39, 0.29) is 24.0 Å². The lowest BCUT2D eigenvalue weighted by molar-refractivity contribution is 0.780. The molecular formula is C17H22BrIN4S. The van der Waals surface area contributed by atoms with Crippen molar-refractivity contribution < 1.29 is 0 Å². The third kappa shape index (κ3) is 7.85. The van der Waals surface area contributed by atoms with Gasteiger partial charge in [0.25, 0.3) is 0 Å². The van der Waals surface area contributed by atoms with E-state index in [0.29, 0.717) is 11.8 Å². The highest BCUT2D eigenvalue weighted by molar-refractivity contribution is 14.0. The lowest BCUT2D eigenvalue weighted by Gasteiger charge is -2.15. The topological polar surface area (TPSA) is 49.3 Å². The molecule has 24 heavy (non-hydrogen) atoms. The highest BCUT2D eigenvalue weighted by Crippen LogP contribution is 2.24. The van der Waals surface area contributed by atoms with Crippen molar-refractivity contribution in [1.82, 2.24) is 15.6 Å². The molecule has 4 nitrogen and oxygen atoms in total. The fourth-order valence-electron chi connectivity index (χ4n) is 1.93. The van der Waals surface area contributed by atoms with Gasteiger partial charge in [0.2, 0.25) is 0 Å². The summed E-state index contributed by atoms with van der Waals surface area (Å²) in [4.78, 5) is 9.80. The van der Waals surface area contributed by atoms with E-state index < -0.39 is 0 Å². The van der Waals surface area contributed by atoms with Crippen molar-refractivity contribution in [2.24, 2.45) is 4.99 Å². The van der Waals surface area contributed by atoms with Crippen molar-refractivity contribution in [1.29, 1.82) is 0 Å². The molecular weight excluding hydrogens is 499 g/mol. The minimum Gasteiger partial charge on any atom is -0.355 e. The number of aliphatic imine (C=N–C) groups is 1. The quantitative estimate of drug-likeness (QED) is 0.258. The Labute approximate surface area is 173 Å². The summed E-state index contributed by atoms with van der Waals surface area (Å²) < 4.78 is 1.10. The Balaban J connectivity index is 0.00000288. The minimum absolute atomic E-state index is 0. The molecule has 0 aliphatic carbocycles. The first-order valence-corrected chi connectivity index (χ1v) is 9.11. The molecule has 1 unspecified atom stereocenters. The van der Waals surface area contributed by atoms with Gasteiger partial charge in [-0.2, -0.15) is 0 Å². The maximum atomic E-state index is 4.29.